The van der Waals surface area contributed by atoms with Crippen LogP contribution in [0.4, 0.5) is 0 Å². The van der Waals surface area contributed by atoms with Crippen LogP contribution in [0.5, 0.6) is 0 Å². The Kier molecular flexibility index (Phi) is 4.23. The minimum atomic E-state index is -0.0927. The fourth-order valence-electron chi connectivity index (χ4n) is 3.58. The highest BCUT2D eigenvalue weighted by atomic mass is 16.1. The van der Waals surface area contributed by atoms with E-state index in [9.17, 15) is 4.79 Å². The van der Waals surface area contributed by atoms with Crippen molar-refractivity contribution in [2.75, 3.05) is 19.6 Å². The lowest BCUT2D eigenvalue weighted by Crippen LogP contribution is -2.36. The minimum Gasteiger partial charge on any atom is -0.350 e. The van der Waals surface area contributed by atoms with Gasteiger partial charge in [0.05, 0.1) is 12.2 Å². The number of carbonyl (C=O) groups excluding carboxylic acids is 1. The summed E-state index contributed by atoms with van der Waals surface area (Å²) in [5, 5.41) is 7.33. The van der Waals surface area contributed by atoms with Gasteiger partial charge >= 0.3 is 0 Å². The Bertz CT molecular complexity index is 862. The zero-order valence-corrected chi connectivity index (χ0v) is 14.3. The van der Waals surface area contributed by atoms with Crippen LogP contribution >= 0.6 is 0 Å². The van der Waals surface area contributed by atoms with Gasteiger partial charge in [0.1, 0.15) is 11.2 Å². The molecule has 7 heteroatoms. The van der Waals surface area contributed by atoms with Gasteiger partial charge in [-0.25, -0.2) is 4.52 Å². The maximum atomic E-state index is 12.7. The summed E-state index contributed by atoms with van der Waals surface area (Å²) in [4.78, 5) is 19.4. The van der Waals surface area contributed by atoms with Crippen LogP contribution in [-0.4, -0.2) is 49.6 Å². The van der Waals surface area contributed by atoms with Gasteiger partial charge in [-0.05, 0) is 37.6 Å². The third kappa shape index (κ3) is 3.02. The van der Waals surface area contributed by atoms with Crippen molar-refractivity contribution >= 4 is 11.6 Å². The molecule has 0 saturated carbocycles. The van der Waals surface area contributed by atoms with E-state index < -0.39 is 0 Å². The molecule has 0 aliphatic carbocycles. The Balaban J connectivity index is 1.52. The van der Waals surface area contributed by atoms with E-state index in [1.54, 1.807) is 16.9 Å². The molecule has 3 aromatic heterocycles. The Morgan fingerprint density at radius 1 is 1.28 bits per heavy atom. The molecule has 0 aromatic carbocycles. The molecule has 1 saturated heterocycles. The van der Waals surface area contributed by atoms with E-state index in [1.807, 2.05) is 36.3 Å². The second-order valence-corrected chi connectivity index (χ2v) is 6.49. The normalized spacial score (nSPS) is 16.4. The maximum absolute atomic E-state index is 12.7. The van der Waals surface area contributed by atoms with Gasteiger partial charge in [0.2, 0.25) is 0 Å². The quantitative estimate of drug-likeness (QED) is 0.768. The number of aryl methyl sites for hydroxylation is 1. The summed E-state index contributed by atoms with van der Waals surface area (Å²) in [7, 11) is 1.91. The first-order chi connectivity index (χ1) is 12.2. The number of nitrogens with zero attached hydrogens (tertiary/aromatic N) is 5. The van der Waals surface area contributed by atoms with Crippen LogP contribution < -0.4 is 5.32 Å². The summed E-state index contributed by atoms with van der Waals surface area (Å²) in [5.74, 6) is -0.0927. The number of hydrogen-bond donors (Lipinski definition) is 1. The number of likely N-dealkylation sites (tertiary alicyclic amines) is 1. The van der Waals surface area contributed by atoms with Crippen molar-refractivity contribution < 1.29 is 4.79 Å². The van der Waals surface area contributed by atoms with Crippen LogP contribution in [0.15, 0.2) is 43.1 Å². The molecular formula is C18H22N6O. The number of pyridine rings is 1. The average Bonchev–Trinajstić information content (AvgIpc) is 3.36. The molecule has 25 heavy (non-hydrogen) atoms. The zero-order chi connectivity index (χ0) is 17.2. The number of hydrogen-bond acceptors (Lipinski definition) is 4. The van der Waals surface area contributed by atoms with E-state index in [0.717, 1.165) is 24.3 Å². The number of fused-ring (bicyclic) bond motifs is 1. The molecule has 0 bridgehead atoms. The van der Waals surface area contributed by atoms with Gasteiger partial charge < -0.3 is 9.88 Å². The average molecular weight is 338 g/mol. The van der Waals surface area contributed by atoms with Crippen molar-refractivity contribution in [1.29, 1.82) is 0 Å². The second kappa shape index (κ2) is 6.68. The van der Waals surface area contributed by atoms with Crippen molar-refractivity contribution in [2.24, 2.45) is 7.05 Å². The number of nitrogens with one attached hydrogen (secondary N) is 1. The van der Waals surface area contributed by atoms with Crippen molar-refractivity contribution in [3.63, 3.8) is 0 Å². The van der Waals surface area contributed by atoms with Crippen LogP contribution in [0.3, 0.4) is 0 Å². The van der Waals surface area contributed by atoms with Crippen LogP contribution in [0, 0.1) is 0 Å². The van der Waals surface area contributed by atoms with E-state index in [-0.39, 0.29) is 11.9 Å². The topological polar surface area (TPSA) is 67.5 Å². The molecule has 0 spiro atoms. The Hall–Kier alpha value is -2.67. The van der Waals surface area contributed by atoms with Gasteiger partial charge in [0, 0.05) is 38.4 Å². The predicted octanol–water partition coefficient (Wildman–Crippen LogP) is 1.63. The third-order valence-electron chi connectivity index (χ3n) is 4.89. The molecule has 1 atom stereocenters. The van der Waals surface area contributed by atoms with Gasteiger partial charge in [0.15, 0.2) is 0 Å². The summed E-state index contributed by atoms with van der Waals surface area (Å²) in [6.07, 6.45) is 11.4. The first-order valence-corrected chi connectivity index (χ1v) is 8.65. The van der Waals surface area contributed by atoms with Gasteiger partial charge in [-0.1, -0.05) is 6.07 Å². The number of carbonyl (C=O) groups is 1. The number of imidazole rings is 1. The molecule has 4 heterocycles. The first-order valence-electron chi connectivity index (χ1n) is 8.65. The lowest BCUT2D eigenvalue weighted by atomic mass is 10.1. The van der Waals surface area contributed by atoms with Gasteiger partial charge in [-0.3, -0.25) is 14.7 Å². The smallest absolute Gasteiger partial charge is 0.256 e. The molecule has 3 aromatic rings. The molecule has 1 N–H and O–H groups in total. The molecular weight excluding hydrogens is 316 g/mol. The van der Waals surface area contributed by atoms with Crippen molar-refractivity contribution in [3.8, 4) is 0 Å². The Labute approximate surface area is 146 Å². The van der Waals surface area contributed by atoms with Crippen LogP contribution in [0.25, 0.3) is 5.65 Å². The molecule has 1 amide bonds. The largest absolute Gasteiger partial charge is 0.350 e. The number of aromatic nitrogens is 4. The lowest BCUT2D eigenvalue weighted by Gasteiger charge is -2.27. The number of rotatable bonds is 5. The molecule has 7 nitrogen and oxygen atoms in total. The molecule has 1 aliphatic rings. The zero-order valence-electron chi connectivity index (χ0n) is 14.3. The van der Waals surface area contributed by atoms with Crippen molar-refractivity contribution in [1.82, 2.24) is 29.4 Å². The highest BCUT2D eigenvalue weighted by molar-refractivity contribution is 5.99. The summed E-state index contributed by atoms with van der Waals surface area (Å²) in [6.45, 7) is 2.68. The van der Waals surface area contributed by atoms with E-state index in [1.165, 1.54) is 12.8 Å². The molecule has 0 radical (unpaired) electrons. The molecule has 1 fully saturated rings. The third-order valence-corrected chi connectivity index (χ3v) is 4.89. The molecule has 130 valence electrons. The standard InChI is InChI=1S/C18H22N6O/c1-22-9-10-24-18(22)15(12-21-24)17(25)20-13-16(23-7-2-3-8-23)14-5-4-6-19-11-14/h4-6,9-12,16H,2-3,7-8,13H2,1H3,(H,20,25). The van der Waals surface area contributed by atoms with E-state index in [0.29, 0.717) is 12.1 Å². The summed E-state index contributed by atoms with van der Waals surface area (Å²) in [5.41, 5.74) is 2.54. The van der Waals surface area contributed by atoms with Gasteiger partial charge in [-0.15, -0.1) is 0 Å². The van der Waals surface area contributed by atoms with E-state index in [4.69, 9.17) is 0 Å². The predicted molar refractivity (Wildman–Crippen MR) is 94.3 cm³/mol. The fourth-order valence-corrected chi connectivity index (χ4v) is 3.58. The Morgan fingerprint density at radius 3 is 2.88 bits per heavy atom. The highest BCUT2D eigenvalue weighted by Crippen LogP contribution is 2.24. The van der Waals surface area contributed by atoms with E-state index >= 15 is 0 Å². The lowest BCUT2D eigenvalue weighted by molar-refractivity contribution is 0.0939. The van der Waals surface area contributed by atoms with Crippen LogP contribution in [0.1, 0.15) is 34.8 Å². The second-order valence-electron chi connectivity index (χ2n) is 6.49. The monoisotopic (exact) mass is 338 g/mol. The summed E-state index contributed by atoms with van der Waals surface area (Å²) < 4.78 is 3.62. The molecule has 4 rings (SSSR count). The maximum Gasteiger partial charge on any atom is 0.256 e. The van der Waals surface area contributed by atoms with E-state index in [2.05, 4.69) is 26.4 Å². The number of amides is 1. The molecule has 1 unspecified atom stereocenters. The minimum absolute atomic E-state index is 0.0927. The molecule has 1 aliphatic heterocycles. The summed E-state index contributed by atoms with van der Waals surface area (Å²) in [6, 6.07) is 4.18. The fraction of sp³-hybridized carbons (Fsp3) is 0.389. The van der Waals surface area contributed by atoms with Crippen molar-refractivity contribution in [3.05, 3.63) is 54.2 Å². The van der Waals surface area contributed by atoms with Gasteiger partial charge in [0.25, 0.3) is 5.91 Å². The van der Waals surface area contributed by atoms with Gasteiger partial charge in [-0.2, -0.15) is 5.10 Å². The summed E-state index contributed by atoms with van der Waals surface area (Å²) >= 11 is 0. The van der Waals surface area contributed by atoms with Crippen LogP contribution in [-0.2, 0) is 7.05 Å². The highest BCUT2D eigenvalue weighted by Gasteiger charge is 2.25. The van der Waals surface area contributed by atoms with Crippen LogP contribution in [0.2, 0.25) is 0 Å². The SMILES string of the molecule is Cn1ccn2ncc(C(=O)NCC(c3cccnc3)N3CCCC3)c12. The first kappa shape index (κ1) is 15.8. The van der Waals surface area contributed by atoms with Crippen molar-refractivity contribution in [2.45, 2.75) is 18.9 Å². The Morgan fingerprint density at radius 2 is 2.12 bits per heavy atom.